The van der Waals surface area contributed by atoms with Crippen LogP contribution in [0.25, 0.3) is 11.4 Å². The first-order valence-electron chi connectivity index (χ1n) is 8.76. The SMILES string of the molecule is CNC(=O)c1nc2c(s1)CCc1cnc(Nc3cccc(NC(C)=O)c3)nc1-2. The van der Waals surface area contributed by atoms with E-state index in [1.54, 1.807) is 13.2 Å². The fourth-order valence-corrected chi connectivity index (χ4v) is 4.03. The average molecular weight is 394 g/mol. The van der Waals surface area contributed by atoms with Crippen LogP contribution in [-0.2, 0) is 17.6 Å². The molecule has 1 aliphatic rings. The highest BCUT2D eigenvalue weighted by Crippen LogP contribution is 2.35. The minimum atomic E-state index is -0.192. The largest absolute Gasteiger partial charge is 0.353 e. The van der Waals surface area contributed by atoms with Gasteiger partial charge in [-0.15, -0.1) is 11.3 Å². The van der Waals surface area contributed by atoms with Crippen molar-refractivity contribution in [3.63, 3.8) is 0 Å². The molecule has 0 radical (unpaired) electrons. The quantitative estimate of drug-likeness (QED) is 0.628. The van der Waals surface area contributed by atoms with E-state index in [1.165, 1.54) is 18.3 Å². The molecular formula is C19H18N6O2S. The maximum Gasteiger partial charge on any atom is 0.280 e. The maximum absolute atomic E-state index is 11.9. The van der Waals surface area contributed by atoms with Gasteiger partial charge in [0.1, 0.15) is 5.69 Å². The second kappa shape index (κ2) is 7.35. The van der Waals surface area contributed by atoms with Crippen LogP contribution >= 0.6 is 11.3 Å². The average Bonchev–Trinajstić information content (AvgIpc) is 3.12. The van der Waals surface area contributed by atoms with Crippen molar-refractivity contribution >= 4 is 40.5 Å². The Morgan fingerprint density at radius 2 is 1.93 bits per heavy atom. The topological polar surface area (TPSA) is 109 Å². The summed E-state index contributed by atoms with van der Waals surface area (Å²) in [5, 5.41) is 8.96. The molecular weight excluding hydrogens is 376 g/mol. The van der Waals surface area contributed by atoms with Crippen molar-refractivity contribution in [2.24, 2.45) is 0 Å². The van der Waals surface area contributed by atoms with Crippen molar-refractivity contribution < 1.29 is 9.59 Å². The highest BCUT2D eigenvalue weighted by molar-refractivity contribution is 7.14. The predicted octanol–water partition coefficient (Wildman–Crippen LogP) is 2.76. The monoisotopic (exact) mass is 394 g/mol. The van der Waals surface area contributed by atoms with Crippen LogP contribution in [0, 0.1) is 0 Å². The van der Waals surface area contributed by atoms with E-state index in [-0.39, 0.29) is 11.8 Å². The molecule has 2 amide bonds. The summed E-state index contributed by atoms with van der Waals surface area (Å²) in [6.07, 6.45) is 3.44. The number of carbonyl (C=O) groups is 2. The molecule has 0 fully saturated rings. The Kier molecular flexibility index (Phi) is 4.74. The number of rotatable bonds is 4. The number of hydrogen-bond acceptors (Lipinski definition) is 7. The summed E-state index contributed by atoms with van der Waals surface area (Å²) in [7, 11) is 1.59. The molecule has 2 heterocycles. The van der Waals surface area contributed by atoms with Gasteiger partial charge >= 0.3 is 0 Å². The maximum atomic E-state index is 11.9. The fraction of sp³-hybridized carbons (Fsp3) is 0.211. The normalized spacial score (nSPS) is 11.9. The third kappa shape index (κ3) is 3.56. The van der Waals surface area contributed by atoms with Gasteiger partial charge in [0.05, 0.1) is 5.69 Å². The number of benzene rings is 1. The number of carbonyl (C=O) groups excluding carboxylic acids is 2. The van der Waals surface area contributed by atoms with Crippen molar-refractivity contribution in [3.8, 4) is 11.4 Å². The Morgan fingerprint density at radius 3 is 2.71 bits per heavy atom. The second-order valence-corrected chi connectivity index (χ2v) is 7.41. The van der Waals surface area contributed by atoms with Gasteiger partial charge in [-0.25, -0.2) is 15.0 Å². The van der Waals surface area contributed by atoms with Gasteiger partial charge in [0.25, 0.3) is 5.91 Å². The molecule has 0 saturated carbocycles. The number of nitrogens with zero attached hydrogens (tertiary/aromatic N) is 3. The van der Waals surface area contributed by atoms with Crippen molar-refractivity contribution in [2.45, 2.75) is 19.8 Å². The van der Waals surface area contributed by atoms with Crippen molar-refractivity contribution in [1.29, 1.82) is 0 Å². The Hall–Kier alpha value is -3.33. The first kappa shape index (κ1) is 18.1. The minimum absolute atomic E-state index is 0.134. The molecule has 3 N–H and O–H groups in total. The number of amides is 2. The third-order valence-electron chi connectivity index (χ3n) is 4.27. The third-order valence-corrected chi connectivity index (χ3v) is 5.38. The van der Waals surface area contributed by atoms with Crippen LogP contribution in [0.3, 0.4) is 0 Å². The van der Waals surface area contributed by atoms with Crippen LogP contribution in [0.5, 0.6) is 0 Å². The number of aromatic nitrogens is 3. The van der Waals surface area contributed by atoms with E-state index in [0.29, 0.717) is 16.6 Å². The van der Waals surface area contributed by atoms with E-state index >= 15 is 0 Å². The first-order valence-corrected chi connectivity index (χ1v) is 9.58. The summed E-state index contributed by atoms with van der Waals surface area (Å²) in [5.41, 5.74) is 3.96. The lowest BCUT2D eigenvalue weighted by atomic mass is 10.00. The van der Waals surface area contributed by atoms with E-state index in [0.717, 1.165) is 40.4 Å². The number of anilines is 3. The van der Waals surface area contributed by atoms with Gasteiger partial charge in [-0.1, -0.05) is 6.07 Å². The summed E-state index contributed by atoms with van der Waals surface area (Å²) in [6.45, 7) is 1.46. The molecule has 0 bridgehead atoms. The standard InChI is InChI=1S/C19H18N6O2S/c1-10(26)22-12-4-3-5-13(8-12)23-19-21-9-11-6-7-14-16(15(11)25-19)24-18(28-14)17(27)20-2/h3-5,8-9H,6-7H2,1-2H3,(H,20,27)(H,22,26)(H,21,23,25). The lowest BCUT2D eigenvalue weighted by molar-refractivity contribution is -0.114. The number of hydrogen-bond donors (Lipinski definition) is 3. The van der Waals surface area contributed by atoms with E-state index in [2.05, 4.69) is 30.9 Å². The molecule has 2 aromatic heterocycles. The molecule has 4 rings (SSSR count). The fourth-order valence-electron chi connectivity index (χ4n) is 3.02. The number of nitrogens with one attached hydrogen (secondary N) is 3. The van der Waals surface area contributed by atoms with Gasteiger partial charge in [0.15, 0.2) is 5.01 Å². The van der Waals surface area contributed by atoms with Crippen LogP contribution in [0.4, 0.5) is 17.3 Å². The highest BCUT2D eigenvalue weighted by atomic mass is 32.1. The van der Waals surface area contributed by atoms with Crippen LogP contribution in [-0.4, -0.2) is 33.8 Å². The van der Waals surface area contributed by atoms with Gasteiger partial charge in [-0.3, -0.25) is 9.59 Å². The summed E-state index contributed by atoms with van der Waals surface area (Å²) >= 11 is 1.40. The molecule has 0 unspecified atom stereocenters. The molecule has 3 aromatic rings. The van der Waals surface area contributed by atoms with Gasteiger partial charge in [0, 0.05) is 36.4 Å². The lowest BCUT2D eigenvalue weighted by Gasteiger charge is -2.15. The predicted molar refractivity (Wildman–Crippen MR) is 108 cm³/mol. The van der Waals surface area contributed by atoms with Crippen LogP contribution in [0.1, 0.15) is 27.2 Å². The van der Waals surface area contributed by atoms with Crippen molar-refractivity contribution in [3.05, 3.63) is 45.9 Å². The first-order chi connectivity index (χ1) is 13.5. The van der Waals surface area contributed by atoms with Gasteiger partial charge in [-0.2, -0.15) is 0 Å². The van der Waals surface area contributed by atoms with Crippen LogP contribution < -0.4 is 16.0 Å². The van der Waals surface area contributed by atoms with Crippen LogP contribution in [0.2, 0.25) is 0 Å². The molecule has 1 aliphatic carbocycles. The molecule has 0 atom stereocenters. The van der Waals surface area contributed by atoms with Crippen molar-refractivity contribution in [2.75, 3.05) is 17.7 Å². The van der Waals surface area contributed by atoms with E-state index in [9.17, 15) is 9.59 Å². The second-order valence-electron chi connectivity index (χ2n) is 6.32. The minimum Gasteiger partial charge on any atom is -0.353 e. The lowest BCUT2D eigenvalue weighted by Crippen LogP contribution is -2.17. The van der Waals surface area contributed by atoms with E-state index in [4.69, 9.17) is 0 Å². The summed E-state index contributed by atoms with van der Waals surface area (Å²) in [5.74, 6) is 0.106. The molecule has 0 saturated heterocycles. The van der Waals surface area contributed by atoms with E-state index < -0.39 is 0 Å². The Morgan fingerprint density at radius 1 is 1.11 bits per heavy atom. The summed E-state index contributed by atoms with van der Waals surface area (Å²) in [4.78, 5) is 37.8. The number of fused-ring (bicyclic) bond motifs is 3. The number of thiazole rings is 1. The van der Waals surface area contributed by atoms with Crippen LogP contribution in [0.15, 0.2) is 30.5 Å². The molecule has 142 valence electrons. The summed E-state index contributed by atoms with van der Waals surface area (Å²) < 4.78 is 0. The van der Waals surface area contributed by atoms with Gasteiger partial charge in [-0.05, 0) is 36.6 Å². The zero-order valence-corrected chi connectivity index (χ0v) is 16.2. The number of aryl methyl sites for hydroxylation is 2. The zero-order valence-electron chi connectivity index (χ0n) is 15.4. The smallest absolute Gasteiger partial charge is 0.280 e. The Labute approximate surface area is 165 Å². The Bertz CT molecular complexity index is 1080. The molecule has 1 aromatic carbocycles. The van der Waals surface area contributed by atoms with E-state index in [1.807, 2.05) is 24.3 Å². The van der Waals surface area contributed by atoms with Gasteiger partial charge < -0.3 is 16.0 Å². The van der Waals surface area contributed by atoms with Gasteiger partial charge in [0.2, 0.25) is 11.9 Å². The van der Waals surface area contributed by atoms with Crippen molar-refractivity contribution in [1.82, 2.24) is 20.3 Å². The summed E-state index contributed by atoms with van der Waals surface area (Å²) in [6, 6.07) is 7.32. The highest BCUT2D eigenvalue weighted by Gasteiger charge is 2.25. The molecule has 0 spiro atoms. The molecule has 28 heavy (non-hydrogen) atoms. The molecule has 0 aliphatic heterocycles. The molecule has 8 nitrogen and oxygen atoms in total. The Balaban J connectivity index is 1.64. The molecule has 9 heteroatoms. The zero-order chi connectivity index (χ0) is 19.7.